The summed E-state index contributed by atoms with van der Waals surface area (Å²) in [7, 11) is 2.18. The van der Waals surface area contributed by atoms with Crippen LogP contribution in [-0.4, -0.2) is 37.6 Å². The average Bonchev–Trinajstić information content (AvgIpc) is 2.01. The molecule has 1 heterocycles. The van der Waals surface area contributed by atoms with Gasteiger partial charge in [-0.15, -0.1) is 0 Å². The first-order valence-electron chi connectivity index (χ1n) is 4.43. The predicted molar refractivity (Wildman–Crippen MR) is 56.6 cm³/mol. The smallest absolute Gasteiger partial charge is 0.0268 e. The molecule has 3 heteroatoms. The van der Waals surface area contributed by atoms with E-state index in [4.69, 9.17) is 0 Å². The Hall–Kier alpha value is 0.140. The second-order valence-corrected chi connectivity index (χ2v) is 4.62. The highest BCUT2D eigenvalue weighted by molar-refractivity contribution is 9.11. The normalized spacial score (nSPS) is 25.7. The first-order valence-corrected chi connectivity index (χ1v) is 5.23. The van der Waals surface area contributed by atoms with E-state index in [9.17, 15) is 0 Å². The van der Waals surface area contributed by atoms with Crippen molar-refractivity contribution in [1.29, 1.82) is 0 Å². The number of halogens is 1. The monoisotopic (exact) mass is 232 g/mol. The quantitative estimate of drug-likeness (QED) is 0.796. The third kappa shape index (κ3) is 3.70. The molecule has 12 heavy (non-hydrogen) atoms. The molecule has 0 aromatic carbocycles. The highest BCUT2D eigenvalue weighted by Gasteiger charge is 2.15. The molecular formula is C9H17BrN2. The zero-order chi connectivity index (χ0) is 8.97. The van der Waals surface area contributed by atoms with E-state index in [0.717, 1.165) is 11.0 Å². The van der Waals surface area contributed by atoms with Crippen LogP contribution in [0.1, 0.15) is 12.8 Å². The van der Waals surface area contributed by atoms with Crippen LogP contribution in [0.25, 0.3) is 0 Å². The predicted octanol–water partition coefficient (Wildman–Crippen LogP) is 1.58. The van der Waals surface area contributed by atoms with Crippen LogP contribution in [0.3, 0.4) is 0 Å². The second kappa shape index (κ2) is 5.00. The minimum absolute atomic E-state index is 0.651. The van der Waals surface area contributed by atoms with Crippen LogP contribution in [0.4, 0.5) is 0 Å². The molecule has 1 fully saturated rings. The summed E-state index contributed by atoms with van der Waals surface area (Å²) in [6.07, 6.45) is 2.60. The molecule has 1 aliphatic heterocycles. The Balaban J connectivity index is 2.18. The molecule has 1 unspecified atom stereocenters. The highest BCUT2D eigenvalue weighted by Crippen LogP contribution is 2.08. The fraction of sp³-hybridized carbons (Fsp3) is 0.778. The van der Waals surface area contributed by atoms with E-state index in [1.54, 1.807) is 0 Å². The van der Waals surface area contributed by atoms with Gasteiger partial charge in [0.2, 0.25) is 0 Å². The molecule has 1 atom stereocenters. The van der Waals surface area contributed by atoms with E-state index in [2.05, 4.69) is 39.8 Å². The summed E-state index contributed by atoms with van der Waals surface area (Å²) in [5.74, 6) is 0. The lowest BCUT2D eigenvalue weighted by Crippen LogP contribution is -2.44. The van der Waals surface area contributed by atoms with Crippen molar-refractivity contribution in [3.63, 3.8) is 0 Å². The molecular weight excluding hydrogens is 216 g/mol. The number of nitrogens with one attached hydrogen (secondary N) is 1. The van der Waals surface area contributed by atoms with E-state index in [0.29, 0.717) is 6.04 Å². The van der Waals surface area contributed by atoms with E-state index >= 15 is 0 Å². The average molecular weight is 233 g/mol. The van der Waals surface area contributed by atoms with Crippen LogP contribution in [0.5, 0.6) is 0 Å². The van der Waals surface area contributed by atoms with Gasteiger partial charge >= 0.3 is 0 Å². The highest BCUT2D eigenvalue weighted by atomic mass is 79.9. The van der Waals surface area contributed by atoms with Crippen molar-refractivity contribution in [1.82, 2.24) is 10.2 Å². The second-order valence-electron chi connectivity index (χ2n) is 3.50. The van der Waals surface area contributed by atoms with Gasteiger partial charge in [-0.1, -0.05) is 22.5 Å². The Morgan fingerprint density at radius 2 is 2.50 bits per heavy atom. The van der Waals surface area contributed by atoms with Gasteiger partial charge in [0.05, 0.1) is 0 Å². The van der Waals surface area contributed by atoms with Crippen molar-refractivity contribution < 1.29 is 0 Å². The molecule has 1 saturated heterocycles. The van der Waals surface area contributed by atoms with Gasteiger partial charge in [-0.05, 0) is 26.4 Å². The largest absolute Gasteiger partial charge is 0.308 e. The minimum Gasteiger partial charge on any atom is -0.308 e. The number of piperidine rings is 1. The molecule has 0 aromatic rings. The SMILES string of the molecule is C=C(Br)CNC1CCCN(C)C1. The fourth-order valence-corrected chi connectivity index (χ4v) is 1.75. The summed E-state index contributed by atoms with van der Waals surface area (Å²) < 4.78 is 1.04. The van der Waals surface area contributed by atoms with Gasteiger partial charge in [0, 0.05) is 23.6 Å². The molecule has 0 radical (unpaired) electrons. The standard InChI is InChI=1S/C9H17BrN2/c1-8(10)6-11-9-4-3-5-12(2)7-9/h9,11H,1,3-7H2,2H3. The summed E-state index contributed by atoms with van der Waals surface area (Å²) in [6, 6.07) is 0.651. The third-order valence-electron chi connectivity index (χ3n) is 2.21. The van der Waals surface area contributed by atoms with Crippen molar-refractivity contribution in [2.45, 2.75) is 18.9 Å². The summed E-state index contributed by atoms with van der Waals surface area (Å²) in [4.78, 5) is 2.37. The lowest BCUT2D eigenvalue weighted by atomic mass is 10.1. The Bertz CT molecular complexity index is 159. The fourth-order valence-electron chi connectivity index (χ4n) is 1.59. The molecule has 0 amide bonds. The molecule has 70 valence electrons. The number of likely N-dealkylation sites (N-methyl/N-ethyl adjacent to an activating group) is 1. The molecule has 1 rings (SSSR count). The molecule has 1 aliphatic rings. The van der Waals surface area contributed by atoms with Crippen LogP contribution in [-0.2, 0) is 0 Å². The molecule has 0 saturated carbocycles. The topological polar surface area (TPSA) is 15.3 Å². The molecule has 0 aliphatic carbocycles. The minimum atomic E-state index is 0.651. The van der Waals surface area contributed by atoms with Gasteiger partial charge in [-0.3, -0.25) is 0 Å². The Kier molecular flexibility index (Phi) is 4.26. The zero-order valence-corrected chi connectivity index (χ0v) is 9.23. The van der Waals surface area contributed by atoms with Gasteiger partial charge < -0.3 is 10.2 Å². The molecule has 0 aromatic heterocycles. The lowest BCUT2D eigenvalue weighted by Gasteiger charge is -2.30. The number of hydrogen-bond donors (Lipinski definition) is 1. The van der Waals surface area contributed by atoms with Crippen molar-refractivity contribution in [3.8, 4) is 0 Å². The van der Waals surface area contributed by atoms with Gasteiger partial charge in [0.1, 0.15) is 0 Å². The third-order valence-corrected chi connectivity index (χ3v) is 2.49. The Labute approximate surface area is 83.1 Å². The van der Waals surface area contributed by atoms with Gasteiger partial charge in [-0.25, -0.2) is 0 Å². The van der Waals surface area contributed by atoms with E-state index in [-0.39, 0.29) is 0 Å². The maximum absolute atomic E-state index is 3.80. The summed E-state index contributed by atoms with van der Waals surface area (Å²) >= 11 is 3.35. The molecule has 0 bridgehead atoms. The first-order chi connectivity index (χ1) is 5.68. The first kappa shape index (κ1) is 10.2. The van der Waals surface area contributed by atoms with Crippen molar-refractivity contribution in [3.05, 3.63) is 11.1 Å². The van der Waals surface area contributed by atoms with Gasteiger partial charge in [0.25, 0.3) is 0 Å². The zero-order valence-electron chi connectivity index (χ0n) is 7.65. The van der Waals surface area contributed by atoms with E-state index in [1.165, 1.54) is 25.9 Å². The van der Waals surface area contributed by atoms with Crippen LogP contribution in [0.15, 0.2) is 11.1 Å². The van der Waals surface area contributed by atoms with E-state index < -0.39 is 0 Å². The number of likely N-dealkylation sites (tertiary alicyclic amines) is 1. The molecule has 0 spiro atoms. The molecule has 2 nitrogen and oxygen atoms in total. The Morgan fingerprint density at radius 3 is 3.08 bits per heavy atom. The lowest BCUT2D eigenvalue weighted by molar-refractivity contribution is 0.230. The number of hydrogen-bond acceptors (Lipinski definition) is 2. The summed E-state index contributed by atoms with van der Waals surface area (Å²) in [6.45, 7) is 7.10. The van der Waals surface area contributed by atoms with Crippen molar-refractivity contribution in [2.24, 2.45) is 0 Å². The number of nitrogens with zero attached hydrogens (tertiary/aromatic N) is 1. The van der Waals surface area contributed by atoms with E-state index in [1.807, 2.05) is 0 Å². The van der Waals surface area contributed by atoms with Crippen molar-refractivity contribution in [2.75, 3.05) is 26.7 Å². The summed E-state index contributed by atoms with van der Waals surface area (Å²) in [5.41, 5.74) is 0. The Morgan fingerprint density at radius 1 is 1.75 bits per heavy atom. The van der Waals surface area contributed by atoms with Crippen LogP contribution < -0.4 is 5.32 Å². The van der Waals surface area contributed by atoms with Gasteiger partial charge in [0.15, 0.2) is 0 Å². The number of rotatable bonds is 3. The van der Waals surface area contributed by atoms with Crippen LogP contribution in [0.2, 0.25) is 0 Å². The van der Waals surface area contributed by atoms with Crippen molar-refractivity contribution >= 4 is 15.9 Å². The van der Waals surface area contributed by atoms with Crippen LogP contribution >= 0.6 is 15.9 Å². The van der Waals surface area contributed by atoms with Crippen LogP contribution in [0, 0.1) is 0 Å². The maximum atomic E-state index is 3.80. The molecule has 1 N–H and O–H groups in total. The van der Waals surface area contributed by atoms with Gasteiger partial charge in [-0.2, -0.15) is 0 Å². The maximum Gasteiger partial charge on any atom is 0.0268 e. The summed E-state index contributed by atoms with van der Waals surface area (Å²) in [5, 5.41) is 3.46.